The third kappa shape index (κ3) is 6.52. The first-order valence-electron chi connectivity index (χ1n) is 4.92. The Morgan fingerprint density at radius 2 is 1.57 bits per heavy atom. The van der Waals surface area contributed by atoms with Gasteiger partial charge in [-0.15, -0.1) is 0 Å². The number of rotatable bonds is 1. The zero-order valence-electron chi connectivity index (χ0n) is 9.51. The molecule has 0 aliphatic rings. The Kier molecular flexibility index (Phi) is 11.2. The third-order valence-corrected chi connectivity index (χ3v) is 1.13. The van der Waals surface area contributed by atoms with Crippen molar-refractivity contribution in [3.05, 3.63) is 29.6 Å². The van der Waals surface area contributed by atoms with Crippen molar-refractivity contribution in [1.82, 2.24) is 4.98 Å². The summed E-state index contributed by atoms with van der Waals surface area (Å²) in [4.78, 5) is 3.62. The number of alkyl halides is 2. The second-order valence-electron chi connectivity index (χ2n) is 2.00. The smallest absolute Gasteiger partial charge is 0.252 e. The molecule has 3 heteroatoms. The van der Waals surface area contributed by atoms with Crippen LogP contribution >= 0.6 is 0 Å². The molecule has 0 atom stereocenters. The molecule has 1 heterocycles. The Bertz CT molecular complexity index is 224. The van der Waals surface area contributed by atoms with Crippen LogP contribution in [0.1, 0.15) is 45.5 Å². The monoisotopic (exact) mass is 203 g/mol. The van der Waals surface area contributed by atoms with E-state index in [1.54, 1.807) is 19.1 Å². The van der Waals surface area contributed by atoms with Gasteiger partial charge in [-0.2, -0.15) is 0 Å². The average Bonchev–Trinajstić information content (AvgIpc) is 2.24. The number of hydrogen-bond donors (Lipinski definition) is 0. The van der Waals surface area contributed by atoms with E-state index in [1.165, 1.54) is 6.07 Å². The van der Waals surface area contributed by atoms with Crippen molar-refractivity contribution in [3.63, 3.8) is 0 Å². The van der Waals surface area contributed by atoms with Crippen LogP contribution in [-0.2, 0) is 0 Å². The van der Waals surface area contributed by atoms with Crippen molar-refractivity contribution in [2.24, 2.45) is 0 Å². The normalized spacial score (nSPS) is 8.29. The molecule has 1 aromatic heterocycles. The molecular weight excluding hydrogens is 184 g/mol. The Labute approximate surface area is 85.2 Å². The van der Waals surface area contributed by atoms with Crippen LogP contribution < -0.4 is 0 Å². The SMILES string of the molecule is CC.CC.Cc1cccc(C(F)F)n1. The van der Waals surface area contributed by atoms with Gasteiger partial charge in [0.15, 0.2) is 0 Å². The fourth-order valence-corrected chi connectivity index (χ4v) is 0.686. The minimum atomic E-state index is -2.46. The lowest BCUT2D eigenvalue weighted by molar-refractivity contribution is 0.146. The van der Waals surface area contributed by atoms with Crippen molar-refractivity contribution in [1.29, 1.82) is 0 Å². The zero-order chi connectivity index (χ0) is 11.6. The highest BCUT2D eigenvalue weighted by atomic mass is 19.3. The number of halogens is 2. The summed E-state index contributed by atoms with van der Waals surface area (Å²) in [6, 6.07) is 4.58. The second-order valence-corrected chi connectivity index (χ2v) is 2.00. The molecule has 0 bridgehead atoms. The summed E-state index contributed by atoms with van der Waals surface area (Å²) >= 11 is 0. The molecular formula is C11H19F2N. The number of aromatic nitrogens is 1. The van der Waals surface area contributed by atoms with Gasteiger partial charge in [0.05, 0.1) is 0 Å². The van der Waals surface area contributed by atoms with Gasteiger partial charge in [-0.3, -0.25) is 4.98 Å². The molecule has 0 aliphatic carbocycles. The number of hydrogen-bond acceptors (Lipinski definition) is 1. The summed E-state index contributed by atoms with van der Waals surface area (Å²) < 4.78 is 23.8. The maximum atomic E-state index is 11.9. The van der Waals surface area contributed by atoms with Gasteiger partial charge in [0.2, 0.25) is 0 Å². The molecule has 0 aliphatic heterocycles. The van der Waals surface area contributed by atoms with Gasteiger partial charge >= 0.3 is 0 Å². The van der Waals surface area contributed by atoms with Crippen LogP contribution in [0.4, 0.5) is 8.78 Å². The van der Waals surface area contributed by atoms with Crippen LogP contribution in [0.5, 0.6) is 0 Å². The lowest BCUT2D eigenvalue weighted by Gasteiger charge is -1.97. The van der Waals surface area contributed by atoms with Gasteiger partial charge in [-0.05, 0) is 19.1 Å². The molecule has 1 nitrogen and oxygen atoms in total. The van der Waals surface area contributed by atoms with Crippen molar-refractivity contribution in [3.8, 4) is 0 Å². The summed E-state index contributed by atoms with van der Waals surface area (Å²) in [6.45, 7) is 9.69. The van der Waals surface area contributed by atoms with E-state index in [4.69, 9.17) is 0 Å². The molecule has 0 amide bonds. The molecule has 0 saturated carbocycles. The van der Waals surface area contributed by atoms with E-state index in [-0.39, 0.29) is 5.69 Å². The highest BCUT2D eigenvalue weighted by Crippen LogP contribution is 2.15. The van der Waals surface area contributed by atoms with Gasteiger partial charge in [0.1, 0.15) is 5.69 Å². The van der Waals surface area contributed by atoms with E-state index in [1.807, 2.05) is 27.7 Å². The highest BCUT2D eigenvalue weighted by molar-refractivity contribution is 5.10. The number of nitrogens with zero attached hydrogens (tertiary/aromatic N) is 1. The summed E-state index contributed by atoms with van der Waals surface area (Å²) in [5.41, 5.74) is 0.470. The van der Waals surface area contributed by atoms with Crippen molar-refractivity contribution in [2.75, 3.05) is 0 Å². The molecule has 14 heavy (non-hydrogen) atoms. The van der Waals surface area contributed by atoms with Crippen LogP contribution in [0.2, 0.25) is 0 Å². The van der Waals surface area contributed by atoms with E-state index in [2.05, 4.69) is 4.98 Å². The lowest BCUT2D eigenvalue weighted by atomic mass is 10.3. The summed E-state index contributed by atoms with van der Waals surface area (Å²) in [5.74, 6) is 0. The van der Waals surface area contributed by atoms with Crippen molar-refractivity contribution in [2.45, 2.75) is 41.0 Å². The van der Waals surface area contributed by atoms with E-state index in [9.17, 15) is 8.78 Å². The first-order chi connectivity index (χ1) is 6.70. The second kappa shape index (κ2) is 10.1. The van der Waals surface area contributed by atoms with Crippen LogP contribution in [0, 0.1) is 6.92 Å². The zero-order valence-corrected chi connectivity index (χ0v) is 9.51. The molecule has 82 valence electrons. The number of pyridine rings is 1. The first-order valence-corrected chi connectivity index (χ1v) is 4.92. The predicted molar refractivity (Wildman–Crippen MR) is 56.6 cm³/mol. The standard InChI is InChI=1S/C7H7F2N.2C2H6/c1-5-3-2-4-6(10-5)7(8)9;2*1-2/h2-4,7H,1H3;2*1-2H3. The van der Waals surface area contributed by atoms with Gasteiger partial charge in [0.25, 0.3) is 6.43 Å². The molecule has 0 unspecified atom stereocenters. The maximum absolute atomic E-state index is 11.9. The number of aryl methyl sites for hydroxylation is 1. The predicted octanol–water partition coefficient (Wildman–Crippen LogP) is 4.38. The first kappa shape index (κ1) is 15.5. The molecule has 0 fully saturated rings. The van der Waals surface area contributed by atoms with Crippen molar-refractivity contribution < 1.29 is 8.78 Å². The summed E-state index contributed by atoms with van der Waals surface area (Å²) in [7, 11) is 0. The molecule has 1 rings (SSSR count). The van der Waals surface area contributed by atoms with E-state index in [0.29, 0.717) is 5.69 Å². The quantitative estimate of drug-likeness (QED) is 0.660. The molecule has 0 spiro atoms. The molecule has 0 aromatic carbocycles. The average molecular weight is 203 g/mol. The van der Waals surface area contributed by atoms with E-state index < -0.39 is 6.43 Å². The summed E-state index contributed by atoms with van der Waals surface area (Å²) in [6.07, 6.45) is -2.46. The minimum Gasteiger partial charge on any atom is -0.252 e. The van der Waals surface area contributed by atoms with Gasteiger partial charge in [-0.1, -0.05) is 33.8 Å². The summed E-state index contributed by atoms with van der Waals surface area (Å²) in [5, 5.41) is 0. The van der Waals surface area contributed by atoms with Crippen LogP contribution in [-0.4, -0.2) is 4.98 Å². The Balaban J connectivity index is 0. The Hall–Kier alpha value is -0.990. The van der Waals surface area contributed by atoms with Gasteiger partial charge in [0, 0.05) is 5.69 Å². The Morgan fingerprint density at radius 1 is 1.07 bits per heavy atom. The van der Waals surface area contributed by atoms with Crippen LogP contribution in [0.25, 0.3) is 0 Å². The fourth-order valence-electron chi connectivity index (χ4n) is 0.686. The van der Waals surface area contributed by atoms with Gasteiger partial charge in [-0.25, -0.2) is 8.78 Å². The minimum absolute atomic E-state index is 0.153. The molecule has 0 N–H and O–H groups in total. The lowest BCUT2D eigenvalue weighted by Crippen LogP contribution is -1.90. The third-order valence-electron chi connectivity index (χ3n) is 1.13. The fraction of sp³-hybridized carbons (Fsp3) is 0.545. The van der Waals surface area contributed by atoms with Gasteiger partial charge < -0.3 is 0 Å². The molecule has 1 aromatic rings. The van der Waals surface area contributed by atoms with Crippen LogP contribution in [0.15, 0.2) is 18.2 Å². The van der Waals surface area contributed by atoms with Crippen molar-refractivity contribution >= 4 is 0 Å². The largest absolute Gasteiger partial charge is 0.280 e. The molecule has 0 radical (unpaired) electrons. The topological polar surface area (TPSA) is 12.9 Å². The Morgan fingerprint density at radius 3 is 1.86 bits per heavy atom. The van der Waals surface area contributed by atoms with E-state index in [0.717, 1.165) is 0 Å². The highest BCUT2D eigenvalue weighted by Gasteiger charge is 2.06. The maximum Gasteiger partial charge on any atom is 0.280 e. The molecule has 0 saturated heterocycles. The van der Waals surface area contributed by atoms with Crippen LogP contribution in [0.3, 0.4) is 0 Å². The van der Waals surface area contributed by atoms with E-state index >= 15 is 0 Å².